The minimum atomic E-state index is 0.688. The number of nitrogens with one attached hydrogen (secondary N) is 1. The van der Waals surface area contributed by atoms with Crippen molar-refractivity contribution < 1.29 is 0 Å². The van der Waals surface area contributed by atoms with Crippen LogP contribution in [0.15, 0.2) is 29.6 Å². The first-order valence-corrected chi connectivity index (χ1v) is 8.52. The van der Waals surface area contributed by atoms with E-state index in [9.17, 15) is 0 Å². The summed E-state index contributed by atoms with van der Waals surface area (Å²) >= 11 is 1.77. The van der Waals surface area contributed by atoms with Gasteiger partial charge in [-0.1, -0.05) is 38.1 Å². The first kappa shape index (κ1) is 14.7. The topological polar surface area (TPSA) is 28.2 Å². The van der Waals surface area contributed by atoms with Crippen molar-refractivity contribution >= 4 is 11.3 Å². The van der Waals surface area contributed by atoms with Gasteiger partial charge in [-0.25, -0.2) is 4.98 Å². The first-order chi connectivity index (χ1) is 10.2. The van der Waals surface area contributed by atoms with E-state index in [1.165, 1.54) is 21.8 Å². The molecule has 0 fully saturated rings. The Labute approximate surface area is 131 Å². The number of benzene rings is 1. The smallest absolute Gasteiger partial charge is 0.107 e. The summed E-state index contributed by atoms with van der Waals surface area (Å²) in [6, 6.07) is 8.72. The Bertz CT molecular complexity index is 566. The molecule has 1 aliphatic heterocycles. The van der Waals surface area contributed by atoms with Gasteiger partial charge in [0.25, 0.3) is 0 Å². The summed E-state index contributed by atoms with van der Waals surface area (Å²) < 4.78 is 0. The minimum Gasteiger partial charge on any atom is -0.310 e. The van der Waals surface area contributed by atoms with Gasteiger partial charge in [0, 0.05) is 31.6 Å². The fourth-order valence-electron chi connectivity index (χ4n) is 2.72. The molecular weight excluding hydrogens is 278 g/mol. The third-order valence-corrected chi connectivity index (χ3v) is 4.62. The van der Waals surface area contributed by atoms with Crippen LogP contribution in [0.4, 0.5) is 0 Å². The van der Waals surface area contributed by atoms with Gasteiger partial charge in [-0.15, -0.1) is 11.3 Å². The molecule has 0 saturated carbocycles. The molecule has 0 amide bonds. The molecule has 0 spiro atoms. The number of aromatic nitrogens is 1. The maximum absolute atomic E-state index is 4.75. The molecule has 21 heavy (non-hydrogen) atoms. The van der Waals surface area contributed by atoms with Crippen LogP contribution in [0, 0.1) is 5.92 Å². The number of fused-ring (bicyclic) bond motifs is 1. The van der Waals surface area contributed by atoms with Crippen molar-refractivity contribution in [2.45, 2.75) is 40.0 Å². The van der Waals surface area contributed by atoms with Gasteiger partial charge in [-0.05, 0) is 23.6 Å². The molecule has 0 saturated heterocycles. The van der Waals surface area contributed by atoms with Gasteiger partial charge in [0.1, 0.15) is 5.01 Å². The van der Waals surface area contributed by atoms with Crippen molar-refractivity contribution in [1.29, 1.82) is 0 Å². The SMILES string of the molecule is CC(C)CNCc1nc(CN2Cc3ccccc3C2)cs1. The Hall–Kier alpha value is -1.23. The normalized spacial score (nSPS) is 14.8. The van der Waals surface area contributed by atoms with E-state index in [1.54, 1.807) is 11.3 Å². The number of nitrogens with zero attached hydrogens (tertiary/aromatic N) is 2. The predicted octanol–water partition coefficient (Wildman–Crippen LogP) is 3.40. The molecule has 0 unspecified atom stereocenters. The molecule has 3 rings (SSSR count). The monoisotopic (exact) mass is 301 g/mol. The summed E-state index contributed by atoms with van der Waals surface area (Å²) in [5.41, 5.74) is 4.13. The molecule has 0 atom stereocenters. The van der Waals surface area contributed by atoms with Crippen molar-refractivity contribution in [2.75, 3.05) is 6.54 Å². The lowest BCUT2D eigenvalue weighted by Crippen LogP contribution is -2.19. The summed E-state index contributed by atoms with van der Waals surface area (Å²) in [6.45, 7) is 9.45. The number of thiazole rings is 1. The van der Waals surface area contributed by atoms with Crippen molar-refractivity contribution in [3.8, 4) is 0 Å². The maximum atomic E-state index is 4.75. The van der Waals surface area contributed by atoms with Crippen LogP contribution in [0.2, 0.25) is 0 Å². The quantitative estimate of drug-likeness (QED) is 0.886. The molecule has 1 aromatic heterocycles. The number of hydrogen-bond acceptors (Lipinski definition) is 4. The second-order valence-corrected chi connectivity index (χ2v) is 7.11. The lowest BCUT2D eigenvalue weighted by atomic mass is 10.1. The van der Waals surface area contributed by atoms with Gasteiger partial charge in [0.15, 0.2) is 0 Å². The molecule has 0 bridgehead atoms. The van der Waals surface area contributed by atoms with Gasteiger partial charge in [-0.2, -0.15) is 0 Å². The highest BCUT2D eigenvalue weighted by atomic mass is 32.1. The Morgan fingerprint density at radius 1 is 1.24 bits per heavy atom. The van der Waals surface area contributed by atoms with E-state index in [1.807, 2.05) is 0 Å². The number of rotatable bonds is 6. The zero-order valence-electron chi connectivity index (χ0n) is 12.8. The fourth-order valence-corrected chi connectivity index (χ4v) is 3.47. The van der Waals surface area contributed by atoms with Crippen LogP contribution in [0.3, 0.4) is 0 Å². The molecule has 4 heteroatoms. The van der Waals surface area contributed by atoms with E-state index in [2.05, 4.69) is 53.7 Å². The molecule has 0 radical (unpaired) electrons. The van der Waals surface area contributed by atoms with Crippen LogP contribution in [0.25, 0.3) is 0 Å². The minimum absolute atomic E-state index is 0.688. The summed E-state index contributed by atoms with van der Waals surface area (Å²) in [5.74, 6) is 0.688. The predicted molar refractivity (Wildman–Crippen MR) is 88.1 cm³/mol. The lowest BCUT2D eigenvalue weighted by Gasteiger charge is -2.12. The second-order valence-electron chi connectivity index (χ2n) is 6.17. The molecule has 3 nitrogen and oxygen atoms in total. The first-order valence-electron chi connectivity index (χ1n) is 7.64. The Morgan fingerprint density at radius 2 is 1.95 bits per heavy atom. The van der Waals surface area contributed by atoms with E-state index in [0.29, 0.717) is 5.92 Å². The molecule has 2 heterocycles. The average Bonchev–Trinajstić information content (AvgIpc) is 3.04. The highest BCUT2D eigenvalue weighted by molar-refractivity contribution is 7.09. The van der Waals surface area contributed by atoms with Gasteiger partial charge in [-0.3, -0.25) is 4.90 Å². The van der Waals surface area contributed by atoms with Crippen LogP contribution < -0.4 is 5.32 Å². The average molecular weight is 301 g/mol. The molecule has 2 aromatic rings. The maximum Gasteiger partial charge on any atom is 0.107 e. The molecule has 1 aliphatic rings. The summed E-state index contributed by atoms with van der Waals surface area (Å²) in [6.07, 6.45) is 0. The van der Waals surface area contributed by atoms with Gasteiger partial charge < -0.3 is 5.32 Å². The molecule has 1 aromatic carbocycles. The van der Waals surface area contributed by atoms with E-state index in [-0.39, 0.29) is 0 Å². The Morgan fingerprint density at radius 3 is 2.62 bits per heavy atom. The molecule has 0 aliphatic carbocycles. The van der Waals surface area contributed by atoms with Crippen LogP contribution >= 0.6 is 11.3 Å². The van der Waals surface area contributed by atoms with Crippen LogP contribution in [-0.4, -0.2) is 16.4 Å². The largest absolute Gasteiger partial charge is 0.310 e. The number of hydrogen-bond donors (Lipinski definition) is 1. The standard InChI is InChI=1S/C17H23N3S/c1-13(2)7-18-8-17-19-16(12-21-17)11-20-9-14-5-3-4-6-15(14)10-20/h3-6,12-13,18H,7-11H2,1-2H3. The highest BCUT2D eigenvalue weighted by Gasteiger charge is 2.18. The van der Waals surface area contributed by atoms with E-state index < -0.39 is 0 Å². The van der Waals surface area contributed by atoms with Gasteiger partial charge in [0.2, 0.25) is 0 Å². The Kier molecular flexibility index (Phi) is 4.68. The fraction of sp³-hybridized carbons (Fsp3) is 0.471. The Balaban J connectivity index is 1.52. The van der Waals surface area contributed by atoms with Gasteiger partial charge >= 0.3 is 0 Å². The second kappa shape index (κ2) is 6.69. The van der Waals surface area contributed by atoms with Crippen LogP contribution in [0.5, 0.6) is 0 Å². The zero-order chi connectivity index (χ0) is 14.7. The van der Waals surface area contributed by atoms with Crippen molar-refractivity contribution in [3.63, 3.8) is 0 Å². The van der Waals surface area contributed by atoms with Crippen molar-refractivity contribution in [3.05, 3.63) is 51.5 Å². The van der Waals surface area contributed by atoms with Crippen molar-refractivity contribution in [1.82, 2.24) is 15.2 Å². The van der Waals surface area contributed by atoms with Gasteiger partial charge in [0.05, 0.1) is 5.69 Å². The van der Waals surface area contributed by atoms with Crippen molar-refractivity contribution in [2.24, 2.45) is 5.92 Å². The third kappa shape index (κ3) is 3.90. The molecule has 1 N–H and O–H groups in total. The van der Waals surface area contributed by atoms with E-state index >= 15 is 0 Å². The lowest BCUT2D eigenvalue weighted by molar-refractivity contribution is 0.272. The van der Waals surface area contributed by atoms with E-state index in [4.69, 9.17) is 4.98 Å². The third-order valence-electron chi connectivity index (χ3n) is 3.72. The molecule has 112 valence electrons. The molecular formula is C17H23N3S. The summed E-state index contributed by atoms with van der Waals surface area (Å²) in [4.78, 5) is 7.21. The van der Waals surface area contributed by atoms with Crippen LogP contribution in [-0.2, 0) is 26.2 Å². The summed E-state index contributed by atoms with van der Waals surface area (Å²) in [5, 5.41) is 6.86. The summed E-state index contributed by atoms with van der Waals surface area (Å²) in [7, 11) is 0. The van der Waals surface area contributed by atoms with E-state index in [0.717, 1.165) is 32.7 Å². The highest BCUT2D eigenvalue weighted by Crippen LogP contribution is 2.24. The zero-order valence-corrected chi connectivity index (χ0v) is 13.6. The van der Waals surface area contributed by atoms with Crippen LogP contribution in [0.1, 0.15) is 35.7 Å².